The van der Waals surface area contributed by atoms with E-state index >= 15 is 0 Å². The van der Waals surface area contributed by atoms with Gasteiger partial charge in [0.05, 0.1) is 6.07 Å². The molecule has 0 fully saturated rings. The van der Waals surface area contributed by atoms with Gasteiger partial charge in [0.1, 0.15) is 12.4 Å². The van der Waals surface area contributed by atoms with Crippen molar-refractivity contribution in [2.24, 2.45) is 5.92 Å². The van der Waals surface area contributed by atoms with Crippen LogP contribution in [0, 0.1) is 17.2 Å². The van der Waals surface area contributed by atoms with Crippen molar-refractivity contribution < 1.29 is 4.74 Å². The molecule has 21 heavy (non-hydrogen) atoms. The number of hydrogen-bond donors (Lipinski definition) is 0. The molecule has 2 heteroatoms. The third-order valence-corrected chi connectivity index (χ3v) is 3.20. The van der Waals surface area contributed by atoms with Crippen molar-refractivity contribution in [3.05, 3.63) is 77.9 Å². The smallest absolute Gasteiger partial charge is 0.120 e. The minimum absolute atomic E-state index is 0.342. The van der Waals surface area contributed by atoms with Crippen LogP contribution in [0.3, 0.4) is 0 Å². The van der Waals surface area contributed by atoms with E-state index in [0.717, 1.165) is 17.7 Å². The molecule has 2 nitrogen and oxygen atoms in total. The maximum absolute atomic E-state index is 8.55. The number of hydrogen-bond acceptors (Lipinski definition) is 2. The summed E-state index contributed by atoms with van der Waals surface area (Å²) in [4.78, 5) is 0. The number of allylic oxidation sites excluding steroid dienone is 2. The Labute approximate surface area is 126 Å². The molecule has 0 radical (unpaired) electrons. The lowest BCUT2D eigenvalue weighted by molar-refractivity contribution is 0.306. The highest BCUT2D eigenvalue weighted by atomic mass is 16.5. The Hall–Kier alpha value is -2.53. The molecule has 0 aliphatic heterocycles. The van der Waals surface area contributed by atoms with Crippen LogP contribution in [-0.2, 0) is 13.0 Å². The molecule has 0 bridgehead atoms. The Morgan fingerprint density at radius 3 is 2.62 bits per heavy atom. The van der Waals surface area contributed by atoms with Gasteiger partial charge in [-0.1, -0.05) is 55.5 Å². The molecule has 2 aromatic rings. The van der Waals surface area contributed by atoms with Gasteiger partial charge in [-0.3, -0.25) is 0 Å². The molecule has 0 unspecified atom stereocenters. The summed E-state index contributed by atoms with van der Waals surface area (Å²) in [6.45, 7) is 2.68. The highest BCUT2D eigenvalue weighted by Gasteiger charge is 2.02. The fourth-order valence-corrected chi connectivity index (χ4v) is 2.15. The Kier molecular flexibility index (Phi) is 5.60. The molecule has 0 saturated heterocycles. The fraction of sp³-hybridized carbons (Fsp3) is 0.211. The van der Waals surface area contributed by atoms with Crippen molar-refractivity contribution in [1.82, 2.24) is 0 Å². The van der Waals surface area contributed by atoms with Gasteiger partial charge in [0.15, 0.2) is 0 Å². The van der Waals surface area contributed by atoms with Gasteiger partial charge in [0, 0.05) is 6.08 Å². The summed E-state index contributed by atoms with van der Waals surface area (Å²) in [6, 6.07) is 20.3. The van der Waals surface area contributed by atoms with Crippen LogP contribution >= 0.6 is 0 Å². The summed E-state index contributed by atoms with van der Waals surface area (Å²) in [6.07, 6.45) is 4.37. The number of benzene rings is 2. The Morgan fingerprint density at radius 2 is 1.86 bits per heavy atom. The first-order chi connectivity index (χ1) is 10.3. The average molecular weight is 277 g/mol. The maximum atomic E-state index is 8.55. The van der Waals surface area contributed by atoms with Crippen LogP contribution in [0.2, 0.25) is 0 Å². The predicted molar refractivity (Wildman–Crippen MR) is 84.8 cm³/mol. The Morgan fingerprint density at radius 1 is 1.10 bits per heavy atom. The molecule has 2 rings (SSSR count). The van der Waals surface area contributed by atoms with Gasteiger partial charge < -0.3 is 4.74 Å². The van der Waals surface area contributed by atoms with Crippen LogP contribution in [0.25, 0.3) is 0 Å². The summed E-state index contributed by atoms with van der Waals surface area (Å²) >= 11 is 0. The largest absolute Gasteiger partial charge is 0.489 e. The average Bonchev–Trinajstić information content (AvgIpc) is 2.52. The van der Waals surface area contributed by atoms with Crippen molar-refractivity contribution in [3.63, 3.8) is 0 Å². The zero-order valence-corrected chi connectivity index (χ0v) is 12.2. The van der Waals surface area contributed by atoms with E-state index in [1.54, 1.807) is 6.08 Å². The first kappa shape index (κ1) is 14.9. The summed E-state index contributed by atoms with van der Waals surface area (Å²) < 4.78 is 5.83. The SMILES string of the molecule is C[C@H](/C=C/C#N)Cc1cccc(OCc2ccccc2)c1. The molecule has 0 amide bonds. The van der Waals surface area contributed by atoms with E-state index < -0.39 is 0 Å². The van der Waals surface area contributed by atoms with Gasteiger partial charge in [-0.15, -0.1) is 0 Å². The van der Waals surface area contributed by atoms with E-state index in [4.69, 9.17) is 10.00 Å². The summed E-state index contributed by atoms with van der Waals surface area (Å²) in [5, 5.41) is 8.55. The second-order valence-electron chi connectivity index (χ2n) is 5.09. The third-order valence-electron chi connectivity index (χ3n) is 3.20. The lowest BCUT2D eigenvalue weighted by Gasteiger charge is -2.10. The standard InChI is InChI=1S/C19H19NO/c1-16(7-6-12-20)13-18-10-5-11-19(14-18)21-15-17-8-3-2-4-9-17/h2-11,14,16H,13,15H2,1H3/b7-6+/t16-/m1/s1. The molecule has 106 valence electrons. The lowest BCUT2D eigenvalue weighted by Crippen LogP contribution is -1.98. The van der Waals surface area contributed by atoms with Gasteiger partial charge in [-0.25, -0.2) is 0 Å². The molecule has 0 aromatic heterocycles. The van der Waals surface area contributed by atoms with Crippen molar-refractivity contribution >= 4 is 0 Å². The second kappa shape index (κ2) is 7.91. The Bertz CT molecular complexity index is 626. The van der Waals surface area contributed by atoms with E-state index in [1.807, 2.05) is 42.5 Å². The monoisotopic (exact) mass is 277 g/mol. The van der Waals surface area contributed by atoms with E-state index in [2.05, 4.69) is 31.2 Å². The van der Waals surface area contributed by atoms with Crippen LogP contribution in [-0.4, -0.2) is 0 Å². The molecule has 0 saturated carbocycles. The fourth-order valence-electron chi connectivity index (χ4n) is 2.15. The van der Waals surface area contributed by atoms with Crippen molar-refractivity contribution in [2.75, 3.05) is 0 Å². The quantitative estimate of drug-likeness (QED) is 0.727. The van der Waals surface area contributed by atoms with Gasteiger partial charge >= 0.3 is 0 Å². The summed E-state index contributed by atoms with van der Waals surface area (Å²) in [7, 11) is 0. The van der Waals surface area contributed by atoms with Gasteiger partial charge in [-0.05, 0) is 35.6 Å². The first-order valence-corrected chi connectivity index (χ1v) is 7.10. The highest BCUT2D eigenvalue weighted by molar-refractivity contribution is 5.29. The van der Waals surface area contributed by atoms with Crippen molar-refractivity contribution in [2.45, 2.75) is 20.0 Å². The topological polar surface area (TPSA) is 33.0 Å². The van der Waals surface area contributed by atoms with E-state index in [-0.39, 0.29) is 0 Å². The molecular formula is C19H19NO. The number of ether oxygens (including phenoxy) is 1. The van der Waals surface area contributed by atoms with Crippen LogP contribution in [0.4, 0.5) is 0 Å². The number of nitrogens with zero attached hydrogens (tertiary/aromatic N) is 1. The minimum atomic E-state index is 0.342. The van der Waals surface area contributed by atoms with E-state index in [0.29, 0.717) is 12.5 Å². The molecule has 0 spiro atoms. The van der Waals surface area contributed by atoms with Crippen molar-refractivity contribution in [1.29, 1.82) is 5.26 Å². The Balaban J connectivity index is 1.95. The van der Waals surface area contributed by atoms with Gasteiger partial charge in [-0.2, -0.15) is 5.26 Å². The molecule has 1 atom stereocenters. The van der Waals surface area contributed by atoms with Gasteiger partial charge in [0.25, 0.3) is 0 Å². The van der Waals surface area contributed by atoms with Crippen molar-refractivity contribution in [3.8, 4) is 11.8 Å². The van der Waals surface area contributed by atoms with Crippen LogP contribution in [0.5, 0.6) is 5.75 Å². The maximum Gasteiger partial charge on any atom is 0.120 e. The highest BCUT2D eigenvalue weighted by Crippen LogP contribution is 2.18. The second-order valence-corrected chi connectivity index (χ2v) is 5.09. The molecule has 2 aromatic carbocycles. The lowest BCUT2D eigenvalue weighted by atomic mass is 10.0. The van der Waals surface area contributed by atoms with Crippen LogP contribution < -0.4 is 4.74 Å². The zero-order valence-electron chi connectivity index (χ0n) is 12.2. The molecular weight excluding hydrogens is 258 g/mol. The van der Waals surface area contributed by atoms with Crippen LogP contribution in [0.15, 0.2) is 66.7 Å². The molecule has 0 heterocycles. The third kappa shape index (κ3) is 5.16. The van der Waals surface area contributed by atoms with E-state index in [1.165, 1.54) is 5.56 Å². The number of nitriles is 1. The normalized spacial score (nSPS) is 12.0. The number of rotatable bonds is 6. The van der Waals surface area contributed by atoms with Crippen LogP contribution in [0.1, 0.15) is 18.1 Å². The molecule has 0 aliphatic rings. The molecule has 0 N–H and O–H groups in total. The zero-order chi connectivity index (χ0) is 14.9. The summed E-state index contributed by atoms with van der Waals surface area (Å²) in [5.74, 6) is 1.22. The molecule has 0 aliphatic carbocycles. The van der Waals surface area contributed by atoms with Gasteiger partial charge in [0.2, 0.25) is 0 Å². The van der Waals surface area contributed by atoms with E-state index in [9.17, 15) is 0 Å². The summed E-state index contributed by atoms with van der Waals surface area (Å²) in [5.41, 5.74) is 2.38. The predicted octanol–water partition coefficient (Wildman–Crippen LogP) is 4.52. The minimum Gasteiger partial charge on any atom is -0.489 e. The first-order valence-electron chi connectivity index (χ1n) is 7.10.